The van der Waals surface area contributed by atoms with Gasteiger partial charge in [-0.2, -0.15) is 0 Å². The number of nitrogens with one attached hydrogen (secondary N) is 1. The molecule has 0 bridgehead atoms. The quantitative estimate of drug-likeness (QED) is 0.247. The number of urea groups is 1. The van der Waals surface area contributed by atoms with Crippen LogP contribution in [0.5, 0.6) is 23.0 Å². The molecule has 5 rings (SSSR count). The lowest BCUT2D eigenvalue weighted by molar-refractivity contribution is -0.122. The number of rotatable bonds is 6. The number of benzene rings is 3. The van der Waals surface area contributed by atoms with Gasteiger partial charge in [-0.1, -0.05) is 23.8 Å². The van der Waals surface area contributed by atoms with Crippen molar-refractivity contribution in [2.75, 3.05) is 18.8 Å². The summed E-state index contributed by atoms with van der Waals surface area (Å²) in [4.78, 5) is 39.1. The first-order chi connectivity index (χ1) is 17.8. The Labute approximate surface area is 226 Å². The number of barbiturate groups is 1. The van der Waals surface area contributed by atoms with E-state index in [4.69, 9.17) is 18.9 Å². The minimum Gasteiger partial charge on any atom is -0.493 e. The fourth-order valence-corrected chi connectivity index (χ4v) is 4.68. The van der Waals surface area contributed by atoms with Crippen molar-refractivity contribution in [1.29, 1.82) is 0 Å². The molecule has 0 aromatic heterocycles. The first-order valence-corrected chi connectivity index (χ1v) is 12.3. The molecule has 9 nitrogen and oxygen atoms in total. The van der Waals surface area contributed by atoms with Crippen LogP contribution < -0.4 is 29.2 Å². The molecule has 2 aliphatic heterocycles. The average Bonchev–Trinajstić information content (AvgIpc) is 3.34. The van der Waals surface area contributed by atoms with Crippen molar-refractivity contribution in [1.82, 2.24) is 5.32 Å². The maximum absolute atomic E-state index is 13.2. The second-order valence-corrected chi connectivity index (χ2v) is 9.47. The number of methoxy groups -OCH3 is 1. The molecular weight excluding hydrogens is 591 g/mol. The van der Waals surface area contributed by atoms with Gasteiger partial charge in [0, 0.05) is 0 Å². The number of carbonyl (C=O) groups excluding carboxylic acids is 3. The fourth-order valence-electron chi connectivity index (χ4n) is 3.90. The van der Waals surface area contributed by atoms with Crippen LogP contribution in [-0.2, 0) is 16.2 Å². The highest BCUT2D eigenvalue weighted by Crippen LogP contribution is 2.37. The third-order valence-electron chi connectivity index (χ3n) is 5.78. The summed E-state index contributed by atoms with van der Waals surface area (Å²) in [6.07, 6.45) is 1.43. The summed E-state index contributed by atoms with van der Waals surface area (Å²) in [5, 5.41) is 2.24. The Hall–Kier alpha value is -4.06. The summed E-state index contributed by atoms with van der Waals surface area (Å²) in [6, 6.07) is 15.1. The van der Waals surface area contributed by atoms with Gasteiger partial charge in [-0.25, -0.2) is 9.69 Å². The lowest BCUT2D eigenvalue weighted by Crippen LogP contribution is -2.54. The molecule has 2 aliphatic rings. The van der Waals surface area contributed by atoms with Gasteiger partial charge in [0.1, 0.15) is 12.2 Å². The number of fused-ring (bicyclic) bond motifs is 1. The van der Waals surface area contributed by atoms with E-state index >= 15 is 0 Å². The zero-order valence-electron chi connectivity index (χ0n) is 19.9. The number of halogens is 1. The van der Waals surface area contributed by atoms with E-state index < -0.39 is 17.8 Å². The third kappa shape index (κ3) is 4.96. The summed E-state index contributed by atoms with van der Waals surface area (Å²) >= 11 is 2.10. The van der Waals surface area contributed by atoms with E-state index in [0.29, 0.717) is 37.8 Å². The van der Waals surface area contributed by atoms with Crippen molar-refractivity contribution in [2.45, 2.75) is 13.5 Å². The van der Waals surface area contributed by atoms with Gasteiger partial charge >= 0.3 is 6.03 Å². The molecule has 3 aromatic carbocycles. The zero-order chi connectivity index (χ0) is 26.1. The van der Waals surface area contributed by atoms with Crippen LogP contribution in [0.3, 0.4) is 0 Å². The molecule has 0 spiro atoms. The molecule has 4 amide bonds. The summed E-state index contributed by atoms with van der Waals surface area (Å²) in [6.45, 7) is 2.35. The second-order valence-electron chi connectivity index (χ2n) is 8.30. The predicted octanol–water partition coefficient (Wildman–Crippen LogP) is 4.58. The van der Waals surface area contributed by atoms with Crippen LogP contribution >= 0.6 is 22.6 Å². The van der Waals surface area contributed by atoms with Crippen LogP contribution in [-0.4, -0.2) is 31.7 Å². The zero-order valence-corrected chi connectivity index (χ0v) is 22.0. The van der Waals surface area contributed by atoms with Crippen LogP contribution in [0.15, 0.2) is 60.2 Å². The van der Waals surface area contributed by atoms with Gasteiger partial charge < -0.3 is 18.9 Å². The normalized spacial score (nSPS) is 15.7. The van der Waals surface area contributed by atoms with Crippen molar-refractivity contribution >= 4 is 52.2 Å². The Morgan fingerprint density at radius 2 is 1.78 bits per heavy atom. The van der Waals surface area contributed by atoms with Gasteiger partial charge in [-0.05, 0) is 83.1 Å². The fraction of sp³-hybridized carbons (Fsp3) is 0.148. The van der Waals surface area contributed by atoms with Crippen LogP contribution in [0.2, 0.25) is 0 Å². The summed E-state index contributed by atoms with van der Waals surface area (Å²) < 4.78 is 23.0. The van der Waals surface area contributed by atoms with Crippen molar-refractivity contribution in [2.24, 2.45) is 0 Å². The lowest BCUT2D eigenvalue weighted by Gasteiger charge is -2.26. The SMILES string of the molecule is COc1cc(/C=C2\C(=O)NC(=O)N(c3ccc(C)cc3)C2=O)cc(I)c1OCc1ccc2c(c1)OCO2. The van der Waals surface area contributed by atoms with Crippen LogP contribution in [0.25, 0.3) is 6.08 Å². The molecule has 2 heterocycles. The highest BCUT2D eigenvalue weighted by molar-refractivity contribution is 14.1. The molecule has 0 aliphatic carbocycles. The second kappa shape index (κ2) is 10.1. The number of aryl methyl sites for hydroxylation is 1. The van der Waals surface area contributed by atoms with Crippen LogP contribution in [0, 0.1) is 10.5 Å². The molecule has 188 valence electrons. The number of hydrogen-bond acceptors (Lipinski definition) is 7. The van der Waals surface area contributed by atoms with Crippen molar-refractivity contribution in [3.05, 3.63) is 80.4 Å². The van der Waals surface area contributed by atoms with E-state index in [-0.39, 0.29) is 19.0 Å². The highest BCUT2D eigenvalue weighted by Gasteiger charge is 2.36. The minimum absolute atomic E-state index is 0.174. The van der Waals surface area contributed by atoms with E-state index in [9.17, 15) is 14.4 Å². The maximum Gasteiger partial charge on any atom is 0.335 e. The number of imide groups is 2. The van der Waals surface area contributed by atoms with E-state index in [1.807, 2.05) is 25.1 Å². The molecule has 0 atom stereocenters. The van der Waals surface area contributed by atoms with Gasteiger partial charge in [-0.3, -0.25) is 14.9 Å². The molecule has 0 unspecified atom stereocenters. The van der Waals surface area contributed by atoms with E-state index in [0.717, 1.165) is 16.0 Å². The molecule has 10 heteroatoms. The molecule has 1 saturated heterocycles. The van der Waals surface area contributed by atoms with Gasteiger partial charge in [0.2, 0.25) is 6.79 Å². The Bertz CT molecular complexity index is 1450. The maximum atomic E-state index is 13.2. The molecule has 3 aromatic rings. The molecule has 1 fully saturated rings. The summed E-state index contributed by atoms with van der Waals surface area (Å²) in [5.41, 5.74) is 2.59. The van der Waals surface area contributed by atoms with Crippen LogP contribution in [0.1, 0.15) is 16.7 Å². The standard InChI is InChI=1S/C27H21IN2O7/c1-15-3-6-18(7-4-15)30-26(32)19(25(31)29-27(30)33)9-17-10-20(28)24(23(12-17)34-2)35-13-16-5-8-21-22(11-16)37-14-36-21/h3-12H,13-14H2,1-2H3,(H,29,31,33)/b19-9+. The van der Waals surface area contributed by atoms with Crippen molar-refractivity contribution < 1.29 is 33.3 Å². The first kappa shape index (κ1) is 24.6. The average molecular weight is 612 g/mol. The topological polar surface area (TPSA) is 103 Å². The lowest BCUT2D eigenvalue weighted by atomic mass is 10.1. The molecule has 0 radical (unpaired) electrons. The van der Waals surface area contributed by atoms with Gasteiger partial charge in [0.05, 0.1) is 16.4 Å². The number of carbonyl (C=O) groups is 3. The molecule has 0 saturated carbocycles. The third-order valence-corrected chi connectivity index (χ3v) is 6.58. The number of anilines is 1. The Morgan fingerprint density at radius 3 is 2.54 bits per heavy atom. The Balaban J connectivity index is 1.41. The molecular formula is C27H21IN2O7. The van der Waals surface area contributed by atoms with Gasteiger partial charge in [0.15, 0.2) is 23.0 Å². The predicted molar refractivity (Wildman–Crippen MR) is 143 cm³/mol. The first-order valence-electron chi connectivity index (χ1n) is 11.2. The Kier molecular flexibility index (Phi) is 6.74. The van der Waals surface area contributed by atoms with E-state index in [2.05, 4.69) is 27.9 Å². The van der Waals surface area contributed by atoms with E-state index in [1.165, 1.54) is 13.2 Å². The Morgan fingerprint density at radius 1 is 1.03 bits per heavy atom. The highest BCUT2D eigenvalue weighted by atomic mass is 127. The number of hydrogen-bond donors (Lipinski definition) is 1. The van der Waals surface area contributed by atoms with Gasteiger partial charge in [0.25, 0.3) is 11.8 Å². The molecule has 1 N–H and O–H groups in total. The minimum atomic E-state index is -0.796. The largest absolute Gasteiger partial charge is 0.493 e. The van der Waals surface area contributed by atoms with Gasteiger partial charge in [-0.15, -0.1) is 0 Å². The van der Waals surface area contributed by atoms with Crippen LogP contribution in [0.4, 0.5) is 10.5 Å². The monoisotopic (exact) mass is 612 g/mol. The van der Waals surface area contributed by atoms with Crippen molar-refractivity contribution in [3.63, 3.8) is 0 Å². The summed E-state index contributed by atoms with van der Waals surface area (Å²) in [5.74, 6) is 0.814. The van der Waals surface area contributed by atoms with Crippen molar-refractivity contribution in [3.8, 4) is 23.0 Å². The molecule has 37 heavy (non-hydrogen) atoms. The number of amides is 4. The number of nitrogens with zero attached hydrogens (tertiary/aromatic N) is 1. The summed E-state index contributed by atoms with van der Waals surface area (Å²) in [7, 11) is 1.51. The smallest absolute Gasteiger partial charge is 0.335 e. The van der Waals surface area contributed by atoms with E-state index in [1.54, 1.807) is 36.4 Å². The number of ether oxygens (including phenoxy) is 4.